The first-order chi connectivity index (χ1) is 14.0. The van der Waals surface area contributed by atoms with E-state index < -0.39 is 0 Å². The van der Waals surface area contributed by atoms with E-state index in [1.807, 2.05) is 40.3 Å². The van der Waals surface area contributed by atoms with Gasteiger partial charge in [0.2, 0.25) is 0 Å². The summed E-state index contributed by atoms with van der Waals surface area (Å²) in [7, 11) is 1.66. The van der Waals surface area contributed by atoms with Crippen molar-refractivity contribution in [1.82, 2.24) is 9.13 Å². The van der Waals surface area contributed by atoms with Crippen molar-refractivity contribution < 1.29 is 8.74 Å². The zero-order valence-corrected chi connectivity index (χ0v) is 19.5. The number of hydrogen-bond donors (Lipinski definition) is 3. The minimum absolute atomic E-state index is 0.558. The largest absolute Gasteiger partial charge is 0.325 e. The fourth-order valence-corrected chi connectivity index (χ4v) is 5.93. The number of fused-ring (bicyclic) bond motifs is 2. The van der Waals surface area contributed by atoms with E-state index in [2.05, 4.69) is 19.1 Å². The second-order valence-corrected chi connectivity index (χ2v) is 9.59. The summed E-state index contributed by atoms with van der Waals surface area (Å²) in [6.45, 7) is 5.74. The van der Waals surface area contributed by atoms with Gasteiger partial charge in [0.15, 0.2) is 9.60 Å². The Labute approximate surface area is 185 Å². The maximum atomic E-state index is 8.90. The molecule has 0 spiro atoms. The Kier molecular flexibility index (Phi) is 7.60. The third-order valence-corrected chi connectivity index (χ3v) is 7.26. The number of thiazole rings is 2. The Bertz CT molecular complexity index is 1240. The lowest BCUT2D eigenvalue weighted by atomic mass is 10.3. The minimum Gasteiger partial charge on any atom is -0.325 e. The second-order valence-electron chi connectivity index (χ2n) is 5.90. The summed E-state index contributed by atoms with van der Waals surface area (Å²) in [6.07, 6.45) is 0. The lowest BCUT2D eigenvalue weighted by molar-refractivity contribution is 0.490. The zero-order valence-electron chi connectivity index (χ0n) is 16.3. The summed E-state index contributed by atoms with van der Waals surface area (Å²) < 4.78 is 20.1. The molecule has 154 valence electrons. The first kappa shape index (κ1) is 22.1. The molecule has 0 saturated carbocycles. The van der Waals surface area contributed by atoms with E-state index >= 15 is 0 Å². The maximum absolute atomic E-state index is 8.90. The highest BCUT2D eigenvalue weighted by Crippen LogP contribution is 2.25. The van der Waals surface area contributed by atoms with Gasteiger partial charge >= 0.3 is 0 Å². The molecule has 6 nitrogen and oxygen atoms in total. The molecule has 0 amide bonds. The third kappa shape index (κ3) is 4.79. The molecule has 0 unspecified atom stereocenters. The number of benzene rings is 2. The van der Waals surface area contributed by atoms with Crippen LogP contribution in [-0.2, 0) is 17.3 Å². The average Bonchev–Trinajstić information content (AvgIpc) is 3.21. The summed E-state index contributed by atoms with van der Waals surface area (Å²) in [4.78, 5) is 3.06. The lowest BCUT2D eigenvalue weighted by Crippen LogP contribution is -2.10. The maximum Gasteiger partial charge on any atom is 0.182 e. The van der Waals surface area contributed by atoms with E-state index in [1.165, 1.54) is 34.7 Å². The fraction of sp³-hybridized carbons (Fsp3) is 0.263. The minimum atomic E-state index is 0.558. The molecule has 0 radical (unpaired) electrons. The van der Waals surface area contributed by atoms with E-state index in [1.54, 1.807) is 7.11 Å². The van der Waals surface area contributed by atoms with Crippen LogP contribution in [-0.4, -0.2) is 20.8 Å². The summed E-state index contributed by atoms with van der Waals surface area (Å²) in [5.74, 6) is 0. The smallest absolute Gasteiger partial charge is 0.182 e. The number of aryl methyl sites for hydroxylation is 2. The monoisotopic (exact) mass is 466 g/mol. The van der Waals surface area contributed by atoms with Gasteiger partial charge in [-0.1, -0.05) is 22.7 Å². The highest BCUT2D eigenvalue weighted by molar-refractivity contribution is 7.94. The van der Waals surface area contributed by atoms with Gasteiger partial charge in [0.1, 0.15) is 0 Å². The quantitative estimate of drug-likeness (QED) is 0.333. The SMILES string of the molecule is CCn1c(=N)sc2cc(SO)ccc21.CCn1c(=N)sc2cc(SOC)ccc21. The van der Waals surface area contributed by atoms with Gasteiger partial charge < -0.3 is 17.9 Å². The Morgan fingerprint density at radius 2 is 1.38 bits per heavy atom. The molecule has 0 saturated heterocycles. The fourth-order valence-electron chi connectivity index (χ4n) is 2.97. The topological polar surface area (TPSA) is 87.0 Å². The third-order valence-electron chi connectivity index (χ3n) is 4.27. The van der Waals surface area contributed by atoms with Crippen molar-refractivity contribution in [1.29, 1.82) is 10.8 Å². The molecule has 4 rings (SSSR count). The van der Waals surface area contributed by atoms with Gasteiger partial charge in [-0.3, -0.25) is 10.8 Å². The van der Waals surface area contributed by atoms with Gasteiger partial charge in [0, 0.05) is 47.0 Å². The van der Waals surface area contributed by atoms with Crippen LogP contribution < -0.4 is 9.60 Å². The van der Waals surface area contributed by atoms with Crippen molar-refractivity contribution >= 4 is 67.2 Å². The van der Waals surface area contributed by atoms with Crippen LogP contribution in [0.5, 0.6) is 0 Å². The molecule has 2 heterocycles. The highest BCUT2D eigenvalue weighted by Gasteiger charge is 2.05. The molecular weight excluding hydrogens is 445 g/mol. The van der Waals surface area contributed by atoms with Crippen LogP contribution in [0.15, 0.2) is 46.2 Å². The van der Waals surface area contributed by atoms with Gasteiger partial charge in [-0.25, -0.2) is 0 Å². The molecule has 29 heavy (non-hydrogen) atoms. The number of hydrogen-bond acceptors (Lipinski definition) is 8. The van der Waals surface area contributed by atoms with E-state index in [0.717, 1.165) is 55.4 Å². The van der Waals surface area contributed by atoms with Crippen LogP contribution in [0.4, 0.5) is 0 Å². The van der Waals surface area contributed by atoms with Crippen LogP contribution >= 0.6 is 46.8 Å². The first-order valence-corrected chi connectivity index (χ1v) is 12.0. The van der Waals surface area contributed by atoms with Crippen LogP contribution in [0.2, 0.25) is 0 Å². The molecule has 3 N–H and O–H groups in total. The zero-order chi connectivity index (χ0) is 21.0. The first-order valence-electron chi connectivity index (χ1n) is 8.90. The van der Waals surface area contributed by atoms with Gasteiger partial charge in [-0.15, -0.1) is 0 Å². The predicted octanol–water partition coefficient (Wildman–Crippen LogP) is 5.62. The van der Waals surface area contributed by atoms with Crippen LogP contribution in [0.3, 0.4) is 0 Å². The van der Waals surface area contributed by atoms with E-state index in [-0.39, 0.29) is 0 Å². The highest BCUT2D eigenvalue weighted by atomic mass is 32.2. The van der Waals surface area contributed by atoms with Gasteiger partial charge in [0.25, 0.3) is 0 Å². The molecule has 10 heteroatoms. The van der Waals surface area contributed by atoms with E-state index in [9.17, 15) is 0 Å². The summed E-state index contributed by atoms with van der Waals surface area (Å²) in [6, 6.07) is 11.9. The Hall–Kier alpha value is -1.56. The van der Waals surface area contributed by atoms with Crippen molar-refractivity contribution in [3.8, 4) is 0 Å². The molecule has 0 aliphatic carbocycles. The molecule has 4 aromatic rings. The van der Waals surface area contributed by atoms with E-state index in [0.29, 0.717) is 9.60 Å². The van der Waals surface area contributed by atoms with Gasteiger partial charge in [0.05, 0.1) is 27.5 Å². The van der Waals surface area contributed by atoms with Crippen LogP contribution in [0.25, 0.3) is 20.4 Å². The predicted molar refractivity (Wildman–Crippen MR) is 124 cm³/mol. The van der Waals surface area contributed by atoms with Gasteiger partial charge in [-0.2, -0.15) is 0 Å². The van der Waals surface area contributed by atoms with Crippen molar-refractivity contribution in [3.63, 3.8) is 0 Å². The van der Waals surface area contributed by atoms with Gasteiger partial charge in [-0.05, 0) is 50.2 Å². The molecule has 0 atom stereocenters. The molecule has 0 bridgehead atoms. The van der Waals surface area contributed by atoms with Crippen molar-refractivity contribution in [2.75, 3.05) is 7.11 Å². The Balaban J connectivity index is 0.000000166. The standard InChI is InChI=1S/C10H12N2OS2.C9H10N2OS2/c1-3-12-8-5-4-7(15-13-2)6-9(8)14-10(12)11;1-2-11-7-4-3-6(14-12)5-8(7)13-9(11)10/h4-6,11H,3H2,1-2H3;3-5,10,12H,2H2,1H3. The van der Waals surface area contributed by atoms with Crippen molar-refractivity contribution in [2.45, 2.75) is 36.7 Å². The molecule has 0 aliphatic rings. The molecule has 2 aromatic heterocycles. The number of nitrogens with one attached hydrogen (secondary N) is 2. The lowest BCUT2D eigenvalue weighted by Gasteiger charge is -2.00. The van der Waals surface area contributed by atoms with Crippen LogP contribution in [0, 0.1) is 10.8 Å². The number of aromatic nitrogens is 2. The normalized spacial score (nSPS) is 11.0. The number of nitrogens with zero attached hydrogens (tertiary/aromatic N) is 2. The summed E-state index contributed by atoms with van der Waals surface area (Å²) in [5, 5.41) is 15.6. The summed E-state index contributed by atoms with van der Waals surface area (Å²) in [5.41, 5.74) is 2.20. The van der Waals surface area contributed by atoms with E-state index in [4.69, 9.17) is 19.6 Å². The number of rotatable bonds is 5. The van der Waals surface area contributed by atoms with Crippen molar-refractivity contribution in [3.05, 3.63) is 46.0 Å². The molecule has 0 fully saturated rings. The van der Waals surface area contributed by atoms with Crippen molar-refractivity contribution in [2.24, 2.45) is 0 Å². The Morgan fingerprint density at radius 1 is 0.897 bits per heavy atom. The average molecular weight is 467 g/mol. The summed E-state index contributed by atoms with van der Waals surface area (Å²) >= 11 is 5.03. The van der Waals surface area contributed by atoms with Crippen LogP contribution in [0.1, 0.15) is 13.8 Å². The molecule has 2 aromatic carbocycles. The molecule has 0 aliphatic heterocycles. The second kappa shape index (κ2) is 9.96. The molecular formula is C19H22N4O2S4. The Morgan fingerprint density at radius 3 is 1.83 bits per heavy atom.